The Balaban J connectivity index is 2.45. The van der Waals surface area contributed by atoms with Crippen LogP contribution in [-0.4, -0.2) is 36.0 Å². The number of carbonyl (C=O) groups excluding carboxylic acids is 2. The summed E-state index contributed by atoms with van der Waals surface area (Å²) in [6.07, 6.45) is 1.20. The van der Waals surface area contributed by atoms with Crippen LogP contribution >= 0.6 is 11.6 Å². The highest BCUT2D eigenvalue weighted by Crippen LogP contribution is 2.19. The van der Waals surface area contributed by atoms with Crippen molar-refractivity contribution in [2.24, 2.45) is 16.6 Å². The molecule has 1 fully saturated rings. The van der Waals surface area contributed by atoms with Crippen molar-refractivity contribution in [3.8, 4) is 0 Å². The molecule has 0 radical (unpaired) electrons. The van der Waals surface area contributed by atoms with Crippen LogP contribution in [0.25, 0.3) is 0 Å². The summed E-state index contributed by atoms with van der Waals surface area (Å²) < 4.78 is 0. The Morgan fingerprint density at radius 2 is 2.22 bits per heavy atom. The first kappa shape index (κ1) is 14.7. The van der Waals surface area contributed by atoms with E-state index in [1.165, 1.54) is 0 Å². The fourth-order valence-electron chi connectivity index (χ4n) is 1.72. The highest BCUT2D eigenvalue weighted by molar-refractivity contribution is 6.27. The van der Waals surface area contributed by atoms with Gasteiger partial charge in [-0.15, -0.1) is 11.6 Å². The number of aliphatic imine (C=N–C) groups is 1. The second kappa shape index (κ2) is 6.54. The van der Waals surface area contributed by atoms with Crippen LogP contribution in [0.2, 0.25) is 0 Å². The zero-order chi connectivity index (χ0) is 13.7. The molecule has 0 saturated carbocycles. The van der Waals surface area contributed by atoms with Gasteiger partial charge in [-0.25, -0.2) is 0 Å². The number of Topliss-reactive ketones (excluding diaryl/α,β-unsaturated/α-hetero) is 1. The molecule has 5 nitrogen and oxygen atoms in total. The Bertz CT molecular complexity index is 393. The van der Waals surface area contributed by atoms with E-state index in [1.807, 2.05) is 0 Å². The van der Waals surface area contributed by atoms with Crippen LogP contribution in [0.1, 0.15) is 19.8 Å². The summed E-state index contributed by atoms with van der Waals surface area (Å²) >= 11 is 5.48. The van der Waals surface area contributed by atoms with Crippen molar-refractivity contribution in [2.45, 2.75) is 25.8 Å². The Kier molecular flexibility index (Phi) is 5.34. The number of amidine groups is 1. The standard InChI is InChI=1S/C12H18ClN3O2/c1-7-8(2)12(18)16-9(11(7)17)4-3-5-15-10(14)6-13/h8-9H,1,3-6H2,2H3,(H2,14,15)(H,16,18). The van der Waals surface area contributed by atoms with Crippen LogP contribution in [0.5, 0.6) is 0 Å². The summed E-state index contributed by atoms with van der Waals surface area (Å²) in [5.74, 6) is -0.0786. The van der Waals surface area contributed by atoms with Gasteiger partial charge in [-0.1, -0.05) is 6.58 Å². The summed E-state index contributed by atoms with van der Waals surface area (Å²) in [6, 6.07) is -0.478. The third kappa shape index (κ3) is 3.57. The Morgan fingerprint density at radius 3 is 2.83 bits per heavy atom. The molecule has 1 aliphatic rings. The predicted molar refractivity (Wildman–Crippen MR) is 71.7 cm³/mol. The van der Waals surface area contributed by atoms with E-state index >= 15 is 0 Å². The van der Waals surface area contributed by atoms with Crippen LogP contribution in [0.15, 0.2) is 17.1 Å². The molecule has 1 amide bonds. The summed E-state index contributed by atoms with van der Waals surface area (Å²) in [4.78, 5) is 27.4. The maximum atomic E-state index is 11.9. The van der Waals surface area contributed by atoms with Gasteiger partial charge in [-0.2, -0.15) is 0 Å². The molecular weight excluding hydrogens is 254 g/mol. The van der Waals surface area contributed by atoms with Crippen LogP contribution in [0.3, 0.4) is 0 Å². The predicted octanol–water partition coefficient (Wildman–Crippen LogP) is 0.622. The molecule has 0 spiro atoms. The molecule has 0 aromatic heterocycles. The Hall–Kier alpha value is -1.36. The van der Waals surface area contributed by atoms with Gasteiger partial charge in [-0.05, 0) is 19.8 Å². The zero-order valence-electron chi connectivity index (χ0n) is 10.4. The topological polar surface area (TPSA) is 84.6 Å². The van der Waals surface area contributed by atoms with Crippen molar-refractivity contribution >= 4 is 29.1 Å². The first-order valence-electron chi connectivity index (χ1n) is 5.85. The zero-order valence-corrected chi connectivity index (χ0v) is 11.2. The first-order chi connectivity index (χ1) is 8.47. The quantitative estimate of drug-likeness (QED) is 0.253. The number of ketones is 1. The van der Waals surface area contributed by atoms with E-state index in [0.717, 1.165) is 0 Å². The lowest BCUT2D eigenvalue weighted by molar-refractivity contribution is -0.132. The molecule has 2 unspecified atom stereocenters. The van der Waals surface area contributed by atoms with Gasteiger partial charge in [0.05, 0.1) is 17.8 Å². The number of nitrogens with one attached hydrogen (secondary N) is 1. The lowest BCUT2D eigenvalue weighted by atomic mass is 9.87. The third-order valence-corrected chi connectivity index (χ3v) is 3.24. The van der Waals surface area contributed by atoms with Crippen molar-refractivity contribution in [1.29, 1.82) is 0 Å². The van der Waals surface area contributed by atoms with Gasteiger partial charge in [0.25, 0.3) is 0 Å². The largest absolute Gasteiger partial charge is 0.386 e. The van der Waals surface area contributed by atoms with Gasteiger partial charge < -0.3 is 11.1 Å². The lowest BCUT2D eigenvalue weighted by Crippen LogP contribution is -2.50. The van der Waals surface area contributed by atoms with Crippen LogP contribution in [0, 0.1) is 5.92 Å². The molecule has 3 N–H and O–H groups in total. The maximum Gasteiger partial charge on any atom is 0.227 e. The number of carbonyl (C=O) groups is 2. The average Bonchev–Trinajstić information content (AvgIpc) is 2.37. The molecule has 0 aromatic rings. The van der Waals surface area contributed by atoms with E-state index in [9.17, 15) is 9.59 Å². The fraction of sp³-hybridized carbons (Fsp3) is 0.583. The molecule has 6 heteroatoms. The van der Waals surface area contributed by atoms with Gasteiger partial charge in [0.2, 0.25) is 5.91 Å². The van der Waals surface area contributed by atoms with E-state index in [-0.39, 0.29) is 17.6 Å². The Morgan fingerprint density at radius 1 is 1.56 bits per heavy atom. The van der Waals surface area contributed by atoms with Gasteiger partial charge in [0.1, 0.15) is 5.84 Å². The molecule has 0 aliphatic carbocycles. The van der Waals surface area contributed by atoms with Gasteiger partial charge in [-0.3, -0.25) is 14.6 Å². The summed E-state index contributed by atoms with van der Waals surface area (Å²) in [5.41, 5.74) is 5.83. The van der Waals surface area contributed by atoms with E-state index in [4.69, 9.17) is 17.3 Å². The highest BCUT2D eigenvalue weighted by atomic mass is 35.5. The number of rotatable bonds is 5. The summed E-state index contributed by atoms with van der Waals surface area (Å²) in [6.45, 7) is 5.85. The molecule has 1 heterocycles. The molecule has 18 heavy (non-hydrogen) atoms. The monoisotopic (exact) mass is 271 g/mol. The van der Waals surface area contributed by atoms with Gasteiger partial charge >= 0.3 is 0 Å². The fourth-order valence-corrected chi connectivity index (χ4v) is 1.81. The Labute approximate surface area is 111 Å². The highest BCUT2D eigenvalue weighted by Gasteiger charge is 2.34. The number of halogens is 1. The first-order valence-corrected chi connectivity index (χ1v) is 6.39. The minimum Gasteiger partial charge on any atom is -0.386 e. The number of alkyl halides is 1. The minimum atomic E-state index is -0.478. The second-order valence-electron chi connectivity index (χ2n) is 4.32. The van der Waals surface area contributed by atoms with E-state index in [0.29, 0.717) is 30.8 Å². The van der Waals surface area contributed by atoms with Crippen molar-refractivity contribution in [3.05, 3.63) is 12.2 Å². The molecule has 1 saturated heterocycles. The van der Waals surface area contributed by atoms with E-state index < -0.39 is 12.0 Å². The molecule has 100 valence electrons. The number of piperidine rings is 1. The van der Waals surface area contributed by atoms with E-state index in [1.54, 1.807) is 6.92 Å². The number of amides is 1. The number of nitrogens with zero attached hydrogens (tertiary/aromatic N) is 1. The van der Waals surface area contributed by atoms with Crippen LogP contribution in [-0.2, 0) is 9.59 Å². The normalized spacial score (nSPS) is 25.2. The SMILES string of the molecule is C=C1C(=O)C(CCCN=C(N)CCl)NC(=O)C1C. The van der Waals surface area contributed by atoms with E-state index in [2.05, 4.69) is 16.9 Å². The van der Waals surface area contributed by atoms with Crippen molar-refractivity contribution < 1.29 is 9.59 Å². The van der Waals surface area contributed by atoms with Crippen molar-refractivity contribution in [1.82, 2.24) is 5.32 Å². The number of hydrogen-bond donors (Lipinski definition) is 2. The maximum absolute atomic E-state index is 11.9. The molecular formula is C12H18ClN3O2. The number of nitrogens with two attached hydrogens (primary N) is 1. The summed E-state index contributed by atoms with van der Waals surface area (Å²) in [5, 5.41) is 2.69. The smallest absolute Gasteiger partial charge is 0.227 e. The molecule has 1 rings (SSSR count). The molecule has 2 atom stereocenters. The van der Waals surface area contributed by atoms with Crippen molar-refractivity contribution in [3.63, 3.8) is 0 Å². The summed E-state index contributed by atoms with van der Waals surface area (Å²) in [7, 11) is 0. The third-order valence-electron chi connectivity index (χ3n) is 2.97. The minimum absolute atomic E-state index is 0.0867. The van der Waals surface area contributed by atoms with Gasteiger partial charge in [0, 0.05) is 12.1 Å². The molecule has 0 bridgehead atoms. The second-order valence-corrected chi connectivity index (χ2v) is 4.59. The lowest BCUT2D eigenvalue weighted by Gasteiger charge is -2.27. The average molecular weight is 272 g/mol. The van der Waals surface area contributed by atoms with Crippen LogP contribution in [0.4, 0.5) is 0 Å². The van der Waals surface area contributed by atoms with Gasteiger partial charge in [0.15, 0.2) is 5.78 Å². The molecule has 0 aromatic carbocycles. The van der Waals surface area contributed by atoms with Crippen LogP contribution < -0.4 is 11.1 Å². The number of hydrogen-bond acceptors (Lipinski definition) is 3. The van der Waals surface area contributed by atoms with Crippen molar-refractivity contribution in [2.75, 3.05) is 12.4 Å². The molecule has 1 aliphatic heterocycles.